The van der Waals surface area contributed by atoms with Crippen LogP contribution >= 0.6 is 24.0 Å². The Labute approximate surface area is 181 Å². The zero-order valence-electron chi connectivity index (χ0n) is 16.2. The summed E-state index contributed by atoms with van der Waals surface area (Å²) in [6.07, 6.45) is 0.352. The van der Waals surface area contributed by atoms with Crippen LogP contribution in [-0.4, -0.2) is 33.3 Å². The minimum Gasteiger partial charge on any atom is -0.493 e. The van der Waals surface area contributed by atoms with Crippen molar-refractivity contribution < 1.29 is 18.3 Å². The van der Waals surface area contributed by atoms with Gasteiger partial charge in [0.25, 0.3) is 0 Å². The maximum atomic E-state index is 13.7. The van der Waals surface area contributed by atoms with Gasteiger partial charge in [0.05, 0.1) is 20.8 Å². The molecular weight excluding hydrogens is 479 g/mol. The second kappa shape index (κ2) is 12.4. The summed E-state index contributed by atoms with van der Waals surface area (Å²) in [5.41, 5.74) is 1.29. The predicted octanol–water partition coefficient (Wildman–Crippen LogP) is 3.90. The maximum absolute atomic E-state index is 13.7. The van der Waals surface area contributed by atoms with Gasteiger partial charge in [-0.15, -0.1) is 24.0 Å². The number of ether oxygens (including phenoxy) is 2. The molecule has 2 rings (SSSR count). The van der Waals surface area contributed by atoms with Gasteiger partial charge in [-0.05, 0) is 42.7 Å². The summed E-state index contributed by atoms with van der Waals surface area (Å²) in [6.45, 7) is 3.51. The Morgan fingerprint density at radius 3 is 2.46 bits per heavy atom. The van der Waals surface area contributed by atoms with Crippen LogP contribution < -0.4 is 20.1 Å². The van der Waals surface area contributed by atoms with E-state index in [2.05, 4.69) is 15.6 Å². The molecule has 0 saturated carbocycles. The molecule has 0 fully saturated rings. The second-order valence-electron chi connectivity index (χ2n) is 5.77. The second-order valence-corrected chi connectivity index (χ2v) is 5.77. The fraction of sp³-hybridized carbons (Fsp3) is 0.350. The van der Waals surface area contributed by atoms with E-state index in [0.717, 1.165) is 11.6 Å². The summed E-state index contributed by atoms with van der Waals surface area (Å²) >= 11 is 0. The van der Waals surface area contributed by atoms with Gasteiger partial charge in [-0.2, -0.15) is 0 Å². The Kier molecular flexibility index (Phi) is 10.6. The topological polar surface area (TPSA) is 54.9 Å². The number of rotatable bonds is 8. The predicted molar refractivity (Wildman–Crippen MR) is 118 cm³/mol. The van der Waals surface area contributed by atoms with E-state index in [4.69, 9.17) is 9.47 Å². The highest BCUT2D eigenvalue weighted by molar-refractivity contribution is 14.0. The average Bonchev–Trinajstić information content (AvgIpc) is 2.69. The number of hydrogen-bond donors (Lipinski definition) is 2. The third-order valence-corrected chi connectivity index (χ3v) is 3.93. The lowest BCUT2D eigenvalue weighted by molar-refractivity contribution is 0.354. The summed E-state index contributed by atoms with van der Waals surface area (Å²) in [5.74, 6) is 0.273. The summed E-state index contributed by atoms with van der Waals surface area (Å²) < 4.78 is 37.5. The molecule has 0 bridgehead atoms. The fourth-order valence-electron chi connectivity index (χ4n) is 2.55. The molecule has 0 aliphatic rings. The Morgan fingerprint density at radius 2 is 1.79 bits per heavy atom. The number of benzene rings is 2. The van der Waals surface area contributed by atoms with Crippen LogP contribution in [0.2, 0.25) is 0 Å². The molecule has 0 heterocycles. The zero-order valence-corrected chi connectivity index (χ0v) is 18.6. The molecule has 2 aromatic carbocycles. The fourth-order valence-corrected chi connectivity index (χ4v) is 2.55. The highest BCUT2D eigenvalue weighted by atomic mass is 127. The van der Waals surface area contributed by atoms with Crippen molar-refractivity contribution in [2.75, 3.05) is 27.3 Å². The van der Waals surface area contributed by atoms with Crippen LogP contribution in [0.4, 0.5) is 8.78 Å². The highest BCUT2D eigenvalue weighted by Crippen LogP contribution is 2.27. The Morgan fingerprint density at radius 1 is 1.04 bits per heavy atom. The molecule has 2 aromatic rings. The summed E-state index contributed by atoms with van der Waals surface area (Å²) in [7, 11) is 3.17. The van der Waals surface area contributed by atoms with Crippen LogP contribution in [0.25, 0.3) is 0 Å². The number of guanidine groups is 1. The number of methoxy groups -OCH3 is 2. The van der Waals surface area contributed by atoms with Gasteiger partial charge in [-0.25, -0.2) is 13.8 Å². The van der Waals surface area contributed by atoms with Crippen LogP contribution in [0.15, 0.2) is 41.4 Å². The van der Waals surface area contributed by atoms with Gasteiger partial charge < -0.3 is 20.1 Å². The quantitative estimate of drug-likeness (QED) is 0.325. The molecule has 154 valence electrons. The minimum atomic E-state index is -0.832. The van der Waals surface area contributed by atoms with E-state index < -0.39 is 11.6 Å². The van der Waals surface area contributed by atoms with Gasteiger partial charge in [0.1, 0.15) is 0 Å². The van der Waals surface area contributed by atoms with Crippen molar-refractivity contribution in [1.82, 2.24) is 10.6 Å². The molecule has 0 aliphatic heterocycles. The molecular formula is C20H26F2IN3O2. The van der Waals surface area contributed by atoms with Crippen LogP contribution in [0.5, 0.6) is 11.5 Å². The molecule has 28 heavy (non-hydrogen) atoms. The van der Waals surface area contributed by atoms with Gasteiger partial charge in [0.15, 0.2) is 29.1 Å². The standard InChI is InChI=1S/C20H25F2N3O2.HI/c1-4-23-20(24-11-10-15-6-5-7-16(21)19(15)22)25-13-14-8-9-17(26-2)18(12-14)27-3;/h5-9,12H,4,10-11,13H2,1-3H3,(H2,23,24,25);1H. The maximum Gasteiger partial charge on any atom is 0.191 e. The Balaban J connectivity index is 0.00000392. The van der Waals surface area contributed by atoms with Gasteiger partial charge >= 0.3 is 0 Å². The number of hydrogen-bond acceptors (Lipinski definition) is 3. The highest BCUT2D eigenvalue weighted by Gasteiger charge is 2.08. The third kappa shape index (κ3) is 6.81. The van der Waals surface area contributed by atoms with Crippen molar-refractivity contribution in [1.29, 1.82) is 0 Å². The first kappa shape index (κ1) is 23.9. The summed E-state index contributed by atoms with van der Waals surface area (Å²) in [4.78, 5) is 4.52. The molecule has 0 atom stereocenters. The molecule has 0 unspecified atom stereocenters. The van der Waals surface area contributed by atoms with Crippen molar-refractivity contribution in [3.8, 4) is 11.5 Å². The zero-order chi connectivity index (χ0) is 19.6. The van der Waals surface area contributed by atoms with Crippen LogP contribution in [-0.2, 0) is 13.0 Å². The first-order valence-corrected chi connectivity index (χ1v) is 8.75. The monoisotopic (exact) mass is 505 g/mol. The molecule has 0 radical (unpaired) electrons. The van der Waals surface area contributed by atoms with Crippen LogP contribution in [0.3, 0.4) is 0 Å². The average molecular weight is 505 g/mol. The first-order chi connectivity index (χ1) is 13.1. The molecule has 0 saturated heterocycles. The van der Waals surface area contributed by atoms with E-state index in [1.165, 1.54) is 6.07 Å². The number of halogens is 3. The molecule has 5 nitrogen and oxygen atoms in total. The van der Waals surface area contributed by atoms with E-state index in [1.54, 1.807) is 20.3 Å². The van der Waals surface area contributed by atoms with Crippen molar-refractivity contribution in [2.24, 2.45) is 4.99 Å². The lowest BCUT2D eigenvalue weighted by Gasteiger charge is -2.12. The van der Waals surface area contributed by atoms with Crippen molar-refractivity contribution in [2.45, 2.75) is 19.9 Å². The van der Waals surface area contributed by atoms with Gasteiger partial charge in [-0.3, -0.25) is 0 Å². The van der Waals surface area contributed by atoms with E-state index in [1.807, 2.05) is 25.1 Å². The Bertz CT molecular complexity index is 788. The third-order valence-electron chi connectivity index (χ3n) is 3.93. The number of nitrogens with one attached hydrogen (secondary N) is 2. The number of nitrogens with zero attached hydrogens (tertiary/aromatic N) is 1. The smallest absolute Gasteiger partial charge is 0.191 e. The van der Waals surface area contributed by atoms with E-state index >= 15 is 0 Å². The minimum absolute atomic E-state index is 0. The Hall–Kier alpha value is -2.10. The molecule has 0 spiro atoms. The summed E-state index contributed by atoms with van der Waals surface area (Å²) in [5, 5.41) is 6.26. The van der Waals surface area contributed by atoms with Gasteiger partial charge in [0, 0.05) is 13.1 Å². The van der Waals surface area contributed by atoms with Gasteiger partial charge in [0.2, 0.25) is 0 Å². The molecule has 2 N–H and O–H groups in total. The van der Waals surface area contributed by atoms with Gasteiger partial charge in [-0.1, -0.05) is 18.2 Å². The normalized spacial score (nSPS) is 10.8. The van der Waals surface area contributed by atoms with E-state index in [0.29, 0.717) is 49.1 Å². The van der Waals surface area contributed by atoms with E-state index in [-0.39, 0.29) is 24.0 Å². The molecule has 0 aliphatic carbocycles. The van der Waals surface area contributed by atoms with Crippen LogP contribution in [0.1, 0.15) is 18.1 Å². The van der Waals surface area contributed by atoms with Crippen molar-refractivity contribution in [3.63, 3.8) is 0 Å². The largest absolute Gasteiger partial charge is 0.493 e. The lowest BCUT2D eigenvalue weighted by Crippen LogP contribution is -2.38. The van der Waals surface area contributed by atoms with Crippen molar-refractivity contribution in [3.05, 3.63) is 59.2 Å². The molecule has 8 heteroatoms. The number of aliphatic imine (C=N–C) groups is 1. The van der Waals surface area contributed by atoms with E-state index in [9.17, 15) is 8.78 Å². The SMILES string of the molecule is CCNC(=NCc1ccc(OC)c(OC)c1)NCCc1cccc(F)c1F.I. The van der Waals surface area contributed by atoms with Crippen molar-refractivity contribution >= 4 is 29.9 Å². The molecule has 0 aromatic heterocycles. The first-order valence-electron chi connectivity index (χ1n) is 8.75. The lowest BCUT2D eigenvalue weighted by atomic mass is 10.1. The summed E-state index contributed by atoms with van der Waals surface area (Å²) in [6, 6.07) is 9.81. The van der Waals surface area contributed by atoms with Crippen LogP contribution in [0, 0.1) is 11.6 Å². The molecule has 0 amide bonds.